The second-order valence-corrected chi connectivity index (χ2v) is 5.48. The molecule has 0 unspecified atom stereocenters. The molecule has 1 aromatic heterocycles. The van der Waals surface area contributed by atoms with E-state index in [1.54, 1.807) is 12.1 Å². The summed E-state index contributed by atoms with van der Waals surface area (Å²) in [5.41, 5.74) is 0.739. The number of hydrogen-bond donors (Lipinski definition) is 0. The van der Waals surface area contributed by atoms with Gasteiger partial charge in [0, 0.05) is 22.7 Å². The van der Waals surface area contributed by atoms with Gasteiger partial charge in [-0.1, -0.05) is 11.6 Å². The number of hydrogen-bond acceptors (Lipinski definition) is 5. The summed E-state index contributed by atoms with van der Waals surface area (Å²) in [6.07, 6.45) is 1.52. The molecule has 0 bridgehead atoms. The molecular weight excluding hydrogens is 349 g/mol. The van der Waals surface area contributed by atoms with E-state index in [9.17, 15) is 9.18 Å². The zero-order valence-corrected chi connectivity index (χ0v) is 14.1. The standard InChI is InChI=1S/C18H13ClFNO4/c1-23-17-9-14-11(8-12(17)18(22)24-2)15(5-6-21-14)25-16-4-3-10(19)7-13(16)20/h3-9H,1-2H3. The van der Waals surface area contributed by atoms with Crippen LogP contribution in [0.4, 0.5) is 4.39 Å². The monoisotopic (exact) mass is 361 g/mol. The van der Waals surface area contributed by atoms with Crippen molar-refractivity contribution in [3.63, 3.8) is 0 Å². The van der Waals surface area contributed by atoms with E-state index in [1.807, 2.05) is 0 Å². The lowest BCUT2D eigenvalue weighted by Crippen LogP contribution is -2.04. The molecule has 5 nitrogen and oxygen atoms in total. The Labute approximate surface area is 147 Å². The number of pyridine rings is 1. The third-order valence-corrected chi connectivity index (χ3v) is 3.78. The minimum Gasteiger partial charge on any atom is -0.496 e. The molecule has 0 N–H and O–H groups in total. The maximum Gasteiger partial charge on any atom is 0.341 e. The molecule has 1 heterocycles. The number of nitrogens with zero attached hydrogens (tertiary/aromatic N) is 1. The highest BCUT2D eigenvalue weighted by Gasteiger charge is 2.17. The lowest BCUT2D eigenvalue weighted by Gasteiger charge is -2.12. The highest BCUT2D eigenvalue weighted by molar-refractivity contribution is 6.30. The maximum absolute atomic E-state index is 14.0. The van der Waals surface area contributed by atoms with Gasteiger partial charge in [-0.2, -0.15) is 0 Å². The predicted octanol–water partition coefficient (Wildman–Crippen LogP) is 4.61. The van der Waals surface area contributed by atoms with Crippen LogP contribution in [0.5, 0.6) is 17.2 Å². The van der Waals surface area contributed by atoms with E-state index in [4.69, 9.17) is 25.8 Å². The van der Waals surface area contributed by atoms with Crippen molar-refractivity contribution in [2.24, 2.45) is 0 Å². The Morgan fingerprint density at radius 1 is 1.08 bits per heavy atom. The lowest BCUT2D eigenvalue weighted by molar-refractivity contribution is 0.0597. The van der Waals surface area contributed by atoms with Crippen molar-refractivity contribution < 1.29 is 23.4 Å². The summed E-state index contributed by atoms with van der Waals surface area (Å²) in [7, 11) is 2.72. The molecule has 0 fully saturated rings. The van der Waals surface area contributed by atoms with Gasteiger partial charge in [0.05, 0.1) is 19.7 Å². The van der Waals surface area contributed by atoms with Crippen LogP contribution in [-0.2, 0) is 4.74 Å². The zero-order valence-electron chi connectivity index (χ0n) is 13.4. The molecule has 0 aliphatic heterocycles. The van der Waals surface area contributed by atoms with Crippen molar-refractivity contribution in [1.29, 1.82) is 0 Å². The number of aromatic nitrogens is 1. The first-order valence-electron chi connectivity index (χ1n) is 7.21. The summed E-state index contributed by atoms with van der Waals surface area (Å²) in [4.78, 5) is 16.2. The highest BCUT2D eigenvalue weighted by Crippen LogP contribution is 2.34. The summed E-state index contributed by atoms with van der Waals surface area (Å²) in [5, 5.41) is 0.778. The van der Waals surface area contributed by atoms with Gasteiger partial charge in [-0.15, -0.1) is 0 Å². The normalized spacial score (nSPS) is 10.6. The second-order valence-electron chi connectivity index (χ2n) is 5.05. The number of rotatable bonds is 4. The number of methoxy groups -OCH3 is 2. The van der Waals surface area contributed by atoms with Crippen molar-refractivity contribution in [2.45, 2.75) is 0 Å². The van der Waals surface area contributed by atoms with Crippen LogP contribution in [0, 0.1) is 5.82 Å². The van der Waals surface area contributed by atoms with Crippen LogP contribution in [0.15, 0.2) is 42.6 Å². The van der Waals surface area contributed by atoms with Crippen LogP contribution < -0.4 is 9.47 Å². The van der Waals surface area contributed by atoms with Crippen molar-refractivity contribution in [1.82, 2.24) is 4.98 Å². The molecule has 2 aromatic carbocycles. The van der Waals surface area contributed by atoms with Crippen LogP contribution in [0.2, 0.25) is 5.02 Å². The van der Waals surface area contributed by atoms with Gasteiger partial charge in [0.1, 0.15) is 17.1 Å². The fourth-order valence-electron chi connectivity index (χ4n) is 2.35. The first-order chi connectivity index (χ1) is 12.0. The van der Waals surface area contributed by atoms with Crippen molar-refractivity contribution >= 4 is 28.5 Å². The van der Waals surface area contributed by atoms with Crippen LogP contribution in [0.1, 0.15) is 10.4 Å². The topological polar surface area (TPSA) is 57.7 Å². The molecule has 25 heavy (non-hydrogen) atoms. The molecular formula is C18H13ClFNO4. The molecule has 0 saturated heterocycles. The van der Waals surface area contributed by atoms with Gasteiger partial charge in [-0.05, 0) is 30.3 Å². The Morgan fingerprint density at radius 3 is 2.56 bits per heavy atom. The van der Waals surface area contributed by atoms with Gasteiger partial charge < -0.3 is 14.2 Å². The van der Waals surface area contributed by atoms with Crippen LogP contribution >= 0.6 is 11.6 Å². The fourth-order valence-corrected chi connectivity index (χ4v) is 2.51. The smallest absolute Gasteiger partial charge is 0.341 e. The largest absolute Gasteiger partial charge is 0.496 e. The minimum absolute atomic E-state index is 0.00679. The Balaban J connectivity index is 2.13. The lowest BCUT2D eigenvalue weighted by atomic mass is 10.1. The summed E-state index contributed by atoms with van der Waals surface area (Å²) in [5.74, 6) is -0.501. The quantitative estimate of drug-likeness (QED) is 0.635. The van der Waals surface area contributed by atoms with Crippen LogP contribution in [0.3, 0.4) is 0 Å². The minimum atomic E-state index is -0.598. The molecule has 0 atom stereocenters. The molecule has 0 radical (unpaired) electrons. The average Bonchev–Trinajstić information content (AvgIpc) is 2.62. The molecule has 0 amide bonds. The molecule has 7 heteroatoms. The molecule has 0 aliphatic carbocycles. The number of fused-ring (bicyclic) bond motifs is 1. The molecule has 128 valence electrons. The number of carbonyl (C=O) groups is 1. The number of ether oxygens (including phenoxy) is 3. The van der Waals surface area contributed by atoms with Crippen molar-refractivity contribution in [3.8, 4) is 17.2 Å². The molecule has 0 saturated carbocycles. The Kier molecular flexibility index (Phi) is 4.72. The van der Waals surface area contributed by atoms with Crippen LogP contribution in [0.25, 0.3) is 10.9 Å². The summed E-state index contributed by atoms with van der Waals surface area (Å²) in [6, 6.07) is 8.80. The first kappa shape index (κ1) is 17.0. The SMILES string of the molecule is COC(=O)c1cc2c(Oc3ccc(Cl)cc3F)ccnc2cc1OC. The third-order valence-electron chi connectivity index (χ3n) is 3.54. The molecule has 0 aliphatic rings. The first-order valence-corrected chi connectivity index (χ1v) is 7.59. The van der Waals surface area contributed by atoms with E-state index in [-0.39, 0.29) is 16.3 Å². The zero-order chi connectivity index (χ0) is 18.0. The number of halogens is 2. The second kappa shape index (κ2) is 6.94. The fraction of sp³-hybridized carbons (Fsp3) is 0.111. The number of benzene rings is 2. The van der Waals surface area contributed by atoms with E-state index >= 15 is 0 Å². The predicted molar refractivity (Wildman–Crippen MR) is 91.1 cm³/mol. The van der Waals surface area contributed by atoms with Crippen molar-refractivity contribution in [3.05, 3.63) is 59.0 Å². The van der Waals surface area contributed by atoms with Gasteiger partial charge in [-0.3, -0.25) is 4.98 Å². The summed E-state index contributed by atoms with van der Waals surface area (Å²) < 4.78 is 29.6. The van der Waals surface area contributed by atoms with E-state index in [1.165, 1.54) is 38.6 Å². The Morgan fingerprint density at radius 2 is 1.88 bits per heavy atom. The van der Waals surface area contributed by atoms with E-state index in [0.29, 0.717) is 22.4 Å². The van der Waals surface area contributed by atoms with Crippen LogP contribution in [-0.4, -0.2) is 25.2 Å². The van der Waals surface area contributed by atoms with Gasteiger partial charge >= 0.3 is 5.97 Å². The maximum atomic E-state index is 14.0. The van der Waals surface area contributed by atoms with E-state index in [2.05, 4.69) is 4.98 Å². The molecule has 3 rings (SSSR count). The average molecular weight is 362 g/mol. The Hall–Kier alpha value is -2.86. The molecule has 3 aromatic rings. The summed E-state index contributed by atoms with van der Waals surface area (Å²) in [6.45, 7) is 0. The van der Waals surface area contributed by atoms with Gasteiger partial charge in [-0.25, -0.2) is 9.18 Å². The van der Waals surface area contributed by atoms with Gasteiger partial charge in [0.15, 0.2) is 11.6 Å². The number of carbonyl (C=O) groups excluding carboxylic acids is 1. The van der Waals surface area contributed by atoms with Gasteiger partial charge in [0.2, 0.25) is 0 Å². The number of esters is 1. The third kappa shape index (κ3) is 3.34. The van der Waals surface area contributed by atoms with Crippen molar-refractivity contribution in [2.75, 3.05) is 14.2 Å². The van der Waals surface area contributed by atoms with E-state index < -0.39 is 11.8 Å². The summed E-state index contributed by atoms with van der Waals surface area (Å²) >= 11 is 5.75. The van der Waals surface area contributed by atoms with Gasteiger partial charge in [0.25, 0.3) is 0 Å². The van der Waals surface area contributed by atoms with E-state index in [0.717, 1.165) is 6.07 Å². The Bertz CT molecular complexity index is 961. The molecule has 0 spiro atoms. The highest BCUT2D eigenvalue weighted by atomic mass is 35.5.